The summed E-state index contributed by atoms with van der Waals surface area (Å²) in [5, 5.41) is 3.27. The fraction of sp³-hybridized carbons (Fsp3) is 0.500. The highest BCUT2D eigenvalue weighted by atomic mass is 79.9. The van der Waals surface area contributed by atoms with Gasteiger partial charge in [-0.1, -0.05) is 27.5 Å². The van der Waals surface area contributed by atoms with Crippen LogP contribution in [0.5, 0.6) is 5.75 Å². The largest absolute Gasteiger partial charge is 0.479 e. The zero-order valence-corrected chi connectivity index (χ0v) is 15.3. The molecule has 5 nitrogen and oxygen atoms in total. The van der Waals surface area contributed by atoms with Crippen molar-refractivity contribution in [2.45, 2.75) is 32.3 Å². The first-order valence-corrected chi connectivity index (χ1v) is 8.81. The second-order valence-corrected chi connectivity index (χ2v) is 6.79. The average Bonchev–Trinajstić information content (AvgIpc) is 2.91. The minimum Gasteiger partial charge on any atom is -0.479 e. The highest BCUT2D eigenvalue weighted by molar-refractivity contribution is 9.10. The van der Waals surface area contributed by atoms with Crippen LogP contribution < -0.4 is 10.1 Å². The van der Waals surface area contributed by atoms with Gasteiger partial charge in [-0.15, -0.1) is 0 Å². The van der Waals surface area contributed by atoms with Crippen molar-refractivity contribution in [1.29, 1.82) is 0 Å². The van der Waals surface area contributed by atoms with Gasteiger partial charge in [-0.3, -0.25) is 9.59 Å². The maximum Gasteiger partial charge on any atom is 0.260 e. The number of carbonyl (C=O) groups is 2. The molecule has 0 saturated carbocycles. The van der Waals surface area contributed by atoms with Crippen LogP contribution in [0.2, 0.25) is 5.02 Å². The van der Waals surface area contributed by atoms with Crippen molar-refractivity contribution in [3.63, 3.8) is 0 Å². The molecule has 1 aromatic carbocycles. The molecule has 0 bridgehead atoms. The van der Waals surface area contributed by atoms with Crippen LogP contribution in [0.3, 0.4) is 0 Å². The van der Waals surface area contributed by atoms with Gasteiger partial charge in [-0.25, -0.2) is 0 Å². The fourth-order valence-corrected chi connectivity index (χ4v) is 3.10. The molecule has 0 aliphatic carbocycles. The Labute approximate surface area is 149 Å². The van der Waals surface area contributed by atoms with Gasteiger partial charge < -0.3 is 15.0 Å². The third kappa shape index (κ3) is 5.39. The minimum atomic E-state index is -0.637. The van der Waals surface area contributed by atoms with Crippen LogP contribution in [0.25, 0.3) is 0 Å². The Morgan fingerprint density at radius 2 is 2.30 bits per heavy atom. The van der Waals surface area contributed by atoms with E-state index in [-0.39, 0.29) is 11.8 Å². The maximum atomic E-state index is 12.0. The quantitative estimate of drug-likeness (QED) is 0.712. The Morgan fingerprint density at radius 3 is 2.96 bits per heavy atom. The highest BCUT2D eigenvalue weighted by Crippen LogP contribution is 2.28. The number of rotatable bonds is 7. The Bertz CT molecular complexity index is 582. The number of hydrogen-bond donors (Lipinski definition) is 1. The molecule has 1 atom stereocenters. The maximum absolute atomic E-state index is 12.0. The van der Waals surface area contributed by atoms with Crippen molar-refractivity contribution >= 4 is 39.3 Å². The standard InChI is InChI=1S/C16H20BrClN2O3/c1-11(23-14-6-5-12(17)10-13(14)18)16(22)19-7-3-9-20-8-2-4-15(20)21/h5-6,10-11H,2-4,7-9H2,1H3,(H,19,22). The summed E-state index contributed by atoms with van der Waals surface area (Å²) in [6.45, 7) is 3.71. The third-order valence-corrected chi connectivity index (χ3v) is 4.43. The SMILES string of the molecule is CC(Oc1ccc(Br)cc1Cl)C(=O)NCCCN1CCCC1=O. The van der Waals surface area contributed by atoms with E-state index in [4.69, 9.17) is 16.3 Å². The molecule has 1 saturated heterocycles. The van der Waals surface area contributed by atoms with Gasteiger partial charge in [0.1, 0.15) is 5.75 Å². The molecule has 1 N–H and O–H groups in total. The molecule has 2 amide bonds. The lowest BCUT2D eigenvalue weighted by Gasteiger charge is -2.17. The molecule has 1 unspecified atom stereocenters. The summed E-state index contributed by atoms with van der Waals surface area (Å²) in [6.07, 6.45) is 1.68. The normalized spacial score (nSPS) is 15.6. The van der Waals surface area contributed by atoms with E-state index in [2.05, 4.69) is 21.2 Å². The summed E-state index contributed by atoms with van der Waals surface area (Å²) in [4.78, 5) is 25.3. The molecule has 7 heteroatoms. The fourth-order valence-electron chi connectivity index (χ4n) is 2.38. The summed E-state index contributed by atoms with van der Waals surface area (Å²) in [6, 6.07) is 5.24. The van der Waals surface area contributed by atoms with Crippen molar-refractivity contribution in [2.75, 3.05) is 19.6 Å². The first-order valence-electron chi connectivity index (χ1n) is 7.64. The number of ether oxygens (including phenoxy) is 1. The van der Waals surface area contributed by atoms with Crippen LogP contribution in [-0.2, 0) is 9.59 Å². The topological polar surface area (TPSA) is 58.6 Å². The van der Waals surface area contributed by atoms with Gasteiger partial charge in [0.15, 0.2) is 6.10 Å². The van der Waals surface area contributed by atoms with Crippen LogP contribution in [-0.4, -0.2) is 42.5 Å². The van der Waals surface area contributed by atoms with Crippen LogP contribution >= 0.6 is 27.5 Å². The first kappa shape index (κ1) is 18.1. The smallest absolute Gasteiger partial charge is 0.260 e. The van der Waals surface area contributed by atoms with E-state index in [1.165, 1.54) is 0 Å². The Kier molecular flexibility index (Phi) is 6.72. The zero-order chi connectivity index (χ0) is 16.8. The van der Waals surface area contributed by atoms with E-state index in [0.29, 0.717) is 30.3 Å². The number of nitrogens with one attached hydrogen (secondary N) is 1. The van der Waals surface area contributed by atoms with Gasteiger partial charge >= 0.3 is 0 Å². The number of nitrogens with zero attached hydrogens (tertiary/aromatic N) is 1. The summed E-state index contributed by atoms with van der Waals surface area (Å²) in [5.41, 5.74) is 0. The number of likely N-dealkylation sites (tertiary alicyclic amines) is 1. The van der Waals surface area contributed by atoms with Crippen molar-refractivity contribution in [1.82, 2.24) is 10.2 Å². The molecule has 0 radical (unpaired) electrons. The summed E-state index contributed by atoms with van der Waals surface area (Å²) >= 11 is 9.39. The Morgan fingerprint density at radius 1 is 1.52 bits per heavy atom. The average molecular weight is 404 g/mol. The molecule has 23 heavy (non-hydrogen) atoms. The summed E-state index contributed by atoms with van der Waals surface area (Å²) in [7, 11) is 0. The van der Waals surface area contributed by atoms with E-state index in [1.54, 1.807) is 25.1 Å². The molecule has 1 aromatic rings. The molecule has 1 aliphatic heterocycles. The Balaban J connectivity index is 1.71. The second-order valence-electron chi connectivity index (χ2n) is 5.46. The van der Waals surface area contributed by atoms with Crippen LogP contribution in [0.4, 0.5) is 0 Å². The Hall–Kier alpha value is -1.27. The van der Waals surface area contributed by atoms with E-state index < -0.39 is 6.10 Å². The number of benzene rings is 1. The molecule has 2 rings (SSSR count). The van der Waals surface area contributed by atoms with E-state index in [1.807, 2.05) is 4.90 Å². The molecule has 1 fully saturated rings. The lowest BCUT2D eigenvalue weighted by atomic mass is 10.3. The number of hydrogen-bond acceptors (Lipinski definition) is 3. The van der Waals surface area contributed by atoms with E-state index in [0.717, 1.165) is 23.9 Å². The molecule has 1 heterocycles. The molecule has 1 aliphatic rings. The lowest BCUT2D eigenvalue weighted by molar-refractivity contribution is -0.127. The van der Waals surface area contributed by atoms with Crippen LogP contribution in [0.15, 0.2) is 22.7 Å². The van der Waals surface area contributed by atoms with E-state index in [9.17, 15) is 9.59 Å². The zero-order valence-electron chi connectivity index (χ0n) is 13.0. The van der Waals surface area contributed by atoms with Crippen molar-refractivity contribution in [3.8, 4) is 5.75 Å². The van der Waals surface area contributed by atoms with Gasteiger partial charge in [-0.05, 0) is 38.0 Å². The summed E-state index contributed by atoms with van der Waals surface area (Å²) < 4.78 is 6.43. The predicted octanol–water partition coefficient (Wildman–Crippen LogP) is 3.00. The molecular weight excluding hydrogens is 384 g/mol. The van der Waals surface area contributed by atoms with Crippen LogP contribution in [0.1, 0.15) is 26.2 Å². The van der Waals surface area contributed by atoms with Gasteiger partial charge in [0.05, 0.1) is 5.02 Å². The number of halogens is 2. The van der Waals surface area contributed by atoms with E-state index >= 15 is 0 Å². The summed E-state index contributed by atoms with van der Waals surface area (Å²) in [5.74, 6) is 0.481. The first-order chi connectivity index (χ1) is 11.0. The van der Waals surface area contributed by atoms with Gasteiger partial charge in [-0.2, -0.15) is 0 Å². The molecular formula is C16H20BrClN2O3. The van der Waals surface area contributed by atoms with Crippen LogP contribution in [0, 0.1) is 0 Å². The second kappa shape index (κ2) is 8.55. The highest BCUT2D eigenvalue weighted by Gasteiger charge is 2.20. The lowest BCUT2D eigenvalue weighted by Crippen LogP contribution is -2.38. The molecule has 0 aromatic heterocycles. The number of amides is 2. The van der Waals surface area contributed by atoms with Gasteiger partial charge in [0.25, 0.3) is 5.91 Å². The minimum absolute atomic E-state index is 0.197. The molecule has 0 spiro atoms. The van der Waals surface area contributed by atoms with Crippen molar-refractivity contribution in [3.05, 3.63) is 27.7 Å². The van der Waals surface area contributed by atoms with Gasteiger partial charge in [0.2, 0.25) is 5.91 Å². The third-order valence-electron chi connectivity index (χ3n) is 3.64. The number of carbonyl (C=O) groups excluding carboxylic acids is 2. The monoisotopic (exact) mass is 402 g/mol. The predicted molar refractivity (Wildman–Crippen MR) is 92.7 cm³/mol. The van der Waals surface area contributed by atoms with Gasteiger partial charge in [0, 0.05) is 30.5 Å². The molecule has 126 valence electrons. The van der Waals surface area contributed by atoms with Crippen molar-refractivity contribution in [2.24, 2.45) is 0 Å². The van der Waals surface area contributed by atoms with Crippen molar-refractivity contribution < 1.29 is 14.3 Å².